The van der Waals surface area contributed by atoms with Crippen LogP contribution in [0.15, 0.2) is 75.1 Å². The number of hydrogen-bond acceptors (Lipinski definition) is 4. The number of carbonyl (C=O) groups excluding carboxylic acids is 1. The van der Waals surface area contributed by atoms with Gasteiger partial charge in [0.15, 0.2) is 11.0 Å². The second-order valence-electron chi connectivity index (χ2n) is 6.97. The lowest BCUT2D eigenvalue weighted by molar-refractivity contribution is -0.113. The van der Waals surface area contributed by atoms with Gasteiger partial charge in [-0.05, 0) is 53.2 Å². The number of nitrogens with one attached hydrogen (secondary N) is 1. The topological polar surface area (TPSA) is 64.0 Å². The highest BCUT2D eigenvalue weighted by molar-refractivity contribution is 9.10. The van der Waals surface area contributed by atoms with Crippen LogP contribution >= 0.6 is 27.7 Å². The van der Waals surface area contributed by atoms with Crippen molar-refractivity contribution in [2.45, 2.75) is 12.1 Å². The van der Waals surface area contributed by atoms with E-state index in [0.29, 0.717) is 27.8 Å². The standard InChI is InChI=1S/C23H16BrF2N3O2S/c1-13-6-8-15(9-7-13)29-22(31)16-4-2-3-5-19(16)27-23(29)32-12-20(30)28-21-17(24)10-14(25)11-18(21)26/h2-11H,12H2,1H3,(H,28,30). The molecule has 1 amide bonds. The lowest BCUT2D eigenvalue weighted by Crippen LogP contribution is -2.23. The van der Waals surface area contributed by atoms with Crippen LogP contribution in [0.2, 0.25) is 0 Å². The van der Waals surface area contributed by atoms with Gasteiger partial charge in [-0.25, -0.2) is 13.8 Å². The molecule has 162 valence electrons. The number of para-hydroxylation sites is 1. The summed E-state index contributed by atoms with van der Waals surface area (Å²) < 4.78 is 28.9. The zero-order valence-corrected chi connectivity index (χ0v) is 19.1. The third kappa shape index (κ3) is 4.58. The Morgan fingerprint density at radius 1 is 1.12 bits per heavy atom. The summed E-state index contributed by atoms with van der Waals surface area (Å²) in [6, 6.07) is 16.1. The molecule has 0 aliphatic heterocycles. The van der Waals surface area contributed by atoms with E-state index in [0.717, 1.165) is 23.4 Å². The van der Waals surface area contributed by atoms with Crippen molar-refractivity contribution in [1.29, 1.82) is 0 Å². The first-order chi connectivity index (χ1) is 15.3. The number of carbonyl (C=O) groups is 1. The van der Waals surface area contributed by atoms with E-state index in [4.69, 9.17) is 0 Å². The Labute approximate surface area is 194 Å². The number of halogens is 3. The monoisotopic (exact) mass is 515 g/mol. The first-order valence-electron chi connectivity index (χ1n) is 9.49. The van der Waals surface area contributed by atoms with Crippen LogP contribution in [0.5, 0.6) is 0 Å². The first kappa shape index (κ1) is 22.2. The SMILES string of the molecule is Cc1ccc(-n2c(SCC(=O)Nc3c(F)cc(F)cc3Br)nc3ccccc3c2=O)cc1. The quantitative estimate of drug-likeness (QED) is 0.283. The van der Waals surface area contributed by atoms with Crippen LogP contribution in [0.4, 0.5) is 14.5 Å². The number of thioether (sulfide) groups is 1. The van der Waals surface area contributed by atoms with Crippen LogP contribution in [0, 0.1) is 18.6 Å². The third-order valence-corrected chi connectivity index (χ3v) is 6.20. The van der Waals surface area contributed by atoms with Gasteiger partial charge in [0.1, 0.15) is 5.82 Å². The molecule has 0 saturated heterocycles. The number of amides is 1. The summed E-state index contributed by atoms with van der Waals surface area (Å²) >= 11 is 4.09. The zero-order valence-electron chi connectivity index (χ0n) is 16.7. The molecule has 0 aliphatic carbocycles. The molecule has 0 saturated carbocycles. The van der Waals surface area contributed by atoms with E-state index in [1.807, 2.05) is 31.2 Å². The Hall–Kier alpha value is -3.04. The Kier molecular flexibility index (Phi) is 6.38. The van der Waals surface area contributed by atoms with Crippen molar-refractivity contribution in [2.75, 3.05) is 11.1 Å². The summed E-state index contributed by atoms with van der Waals surface area (Å²) in [5, 5.41) is 3.21. The van der Waals surface area contributed by atoms with Gasteiger partial charge < -0.3 is 5.32 Å². The zero-order chi connectivity index (χ0) is 22.8. The van der Waals surface area contributed by atoms with Gasteiger partial charge in [-0.15, -0.1) is 0 Å². The maximum Gasteiger partial charge on any atom is 0.266 e. The average molecular weight is 516 g/mol. The summed E-state index contributed by atoms with van der Waals surface area (Å²) in [5.74, 6) is -2.32. The second kappa shape index (κ2) is 9.22. The minimum atomic E-state index is -0.893. The number of anilines is 1. The smallest absolute Gasteiger partial charge is 0.266 e. The molecule has 0 spiro atoms. The second-order valence-corrected chi connectivity index (χ2v) is 8.77. The number of rotatable bonds is 5. The van der Waals surface area contributed by atoms with Crippen molar-refractivity contribution in [2.24, 2.45) is 0 Å². The first-order valence-corrected chi connectivity index (χ1v) is 11.3. The molecule has 0 atom stereocenters. The number of aromatic nitrogens is 2. The molecule has 1 aromatic heterocycles. The van der Waals surface area contributed by atoms with Gasteiger partial charge in [-0.1, -0.05) is 41.6 Å². The maximum atomic E-state index is 14.0. The van der Waals surface area contributed by atoms with E-state index in [9.17, 15) is 18.4 Å². The lowest BCUT2D eigenvalue weighted by Gasteiger charge is -2.14. The van der Waals surface area contributed by atoms with Gasteiger partial charge >= 0.3 is 0 Å². The molecule has 0 unspecified atom stereocenters. The Balaban J connectivity index is 1.67. The summed E-state index contributed by atoms with van der Waals surface area (Å²) in [4.78, 5) is 30.3. The minimum absolute atomic E-state index is 0.0914. The number of aryl methyl sites for hydroxylation is 1. The van der Waals surface area contributed by atoms with Crippen LogP contribution in [0.1, 0.15) is 5.56 Å². The summed E-state index contributed by atoms with van der Waals surface area (Å²) in [7, 11) is 0. The van der Waals surface area contributed by atoms with Gasteiger partial charge in [0.25, 0.3) is 5.56 Å². The number of hydrogen-bond donors (Lipinski definition) is 1. The van der Waals surface area contributed by atoms with E-state index in [1.54, 1.807) is 24.3 Å². The highest BCUT2D eigenvalue weighted by atomic mass is 79.9. The van der Waals surface area contributed by atoms with Gasteiger partial charge in [-0.2, -0.15) is 0 Å². The lowest BCUT2D eigenvalue weighted by atomic mass is 10.2. The van der Waals surface area contributed by atoms with Gasteiger partial charge in [0.05, 0.1) is 28.0 Å². The maximum absolute atomic E-state index is 14.0. The molecule has 4 aromatic rings. The van der Waals surface area contributed by atoms with Gasteiger partial charge in [0.2, 0.25) is 5.91 Å². The van der Waals surface area contributed by atoms with Crippen molar-refractivity contribution in [1.82, 2.24) is 9.55 Å². The molecule has 1 N–H and O–H groups in total. The van der Waals surface area contributed by atoms with Crippen LogP contribution in [-0.2, 0) is 4.79 Å². The van der Waals surface area contributed by atoms with Gasteiger partial charge in [0, 0.05) is 10.5 Å². The number of nitrogens with zero attached hydrogens (tertiary/aromatic N) is 2. The minimum Gasteiger partial charge on any atom is -0.322 e. The van der Waals surface area contributed by atoms with E-state index in [-0.39, 0.29) is 21.5 Å². The van der Waals surface area contributed by atoms with Crippen molar-refractivity contribution < 1.29 is 13.6 Å². The Morgan fingerprint density at radius 3 is 2.56 bits per heavy atom. The Morgan fingerprint density at radius 2 is 1.84 bits per heavy atom. The normalized spacial score (nSPS) is 11.0. The molecule has 0 bridgehead atoms. The van der Waals surface area contributed by atoms with E-state index in [1.165, 1.54) is 4.57 Å². The molecule has 4 rings (SSSR count). The van der Waals surface area contributed by atoms with Crippen molar-refractivity contribution in [3.63, 3.8) is 0 Å². The largest absolute Gasteiger partial charge is 0.322 e. The number of fused-ring (bicyclic) bond motifs is 1. The van der Waals surface area contributed by atoms with Crippen LogP contribution in [-0.4, -0.2) is 21.2 Å². The molecule has 0 fully saturated rings. The molecule has 0 aliphatic rings. The van der Waals surface area contributed by atoms with Crippen LogP contribution in [0.3, 0.4) is 0 Å². The highest BCUT2D eigenvalue weighted by Crippen LogP contribution is 2.28. The van der Waals surface area contributed by atoms with Crippen molar-refractivity contribution in [3.8, 4) is 5.69 Å². The molecule has 0 radical (unpaired) electrons. The average Bonchev–Trinajstić information content (AvgIpc) is 2.76. The highest BCUT2D eigenvalue weighted by Gasteiger charge is 2.17. The van der Waals surface area contributed by atoms with E-state index >= 15 is 0 Å². The number of benzene rings is 3. The summed E-state index contributed by atoms with van der Waals surface area (Å²) in [6.07, 6.45) is 0. The van der Waals surface area contributed by atoms with Crippen molar-refractivity contribution in [3.05, 3.63) is 92.7 Å². The molecule has 32 heavy (non-hydrogen) atoms. The van der Waals surface area contributed by atoms with E-state index in [2.05, 4.69) is 26.2 Å². The summed E-state index contributed by atoms with van der Waals surface area (Å²) in [5.41, 5.74) is 1.76. The van der Waals surface area contributed by atoms with Gasteiger partial charge in [-0.3, -0.25) is 14.2 Å². The van der Waals surface area contributed by atoms with Crippen LogP contribution in [0.25, 0.3) is 16.6 Å². The third-order valence-electron chi connectivity index (χ3n) is 4.64. The predicted octanol–water partition coefficient (Wildman–Crippen LogP) is 5.47. The fourth-order valence-corrected chi connectivity index (χ4v) is 4.42. The van der Waals surface area contributed by atoms with Crippen molar-refractivity contribution >= 4 is 50.2 Å². The summed E-state index contributed by atoms with van der Waals surface area (Å²) in [6.45, 7) is 1.94. The fourth-order valence-electron chi connectivity index (χ4n) is 3.10. The molecule has 5 nitrogen and oxygen atoms in total. The molecular formula is C23H16BrF2N3O2S. The molecule has 9 heteroatoms. The Bertz CT molecular complexity index is 1370. The predicted molar refractivity (Wildman–Crippen MR) is 125 cm³/mol. The molecular weight excluding hydrogens is 500 g/mol. The molecule has 3 aromatic carbocycles. The molecule has 1 heterocycles. The fraction of sp³-hybridized carbons (Fsp3) is 0.0870. The van der Waals surface area contributed by atoms with E-state index < -0.39 is 17.5 Å². The van der Waals surface area contributed by atoms with Crippen LogP contribution < -0.4 is 10.9 Å².